The standard InChI is InChI=1S/C20H23F3N2O5/c1-3-4-9-30-20(27)13(10-24-12-7-5-6-8-12)19(26)14-15(21)11(2)16(22)17(23)18(14)25(28)29/h10,12,24H,3-9H2,1-2H3/b13-10+. The topological polar surface area (TPSA) is 98.5 Å². The van der Waals surface area contributed by atoms with Crippen LogP contribution in [0.3, 0.4) is 0 Å². The number of halogens is 3. The van der Waals surface area contributed by atoms with Crippen LogP contribution >= 0.6 is 0 Å². The van der Waals surface area contributed by atoms with E-state index in [0.717, 1.165) is 38.8 Å². The van der Waals surface area contributed by atoms with Gasteiger partial charge in [0.1, 0.15) is 17.0 Å². The van der Waals surface area contributed by atoms with Crippen molar-refractivity contribution in [3.8, 4) is 0 Å². The summed E-state index contributed by atoms with van der Waals surface area (Å²) in [7, 11) is 0. The number of esters is 1. The molecule has 0 spiro atoms. The second kappa shape index (κ2) is 10.2. The average Bonchev–Trinajstić information content (AvgIpc) is 3.22. The Labute approximate surface area is 171 Å². The van der Waals surface area contributed by atoms with Gasteiger partial charge < -0.3 is 10.1 Å². The normalized spacial score (nSPS) is 14.6. The Morgan fingerprint density at radius 1 is 1.20 bits per heavy atom. The lowest BCUT2D eigenvalue weighted by molar-refractivity contribution is -0.388. The number of nitro groups is 1. The summed E-state index contributed by atoms with van der Waals surface area (Å²) in [5.41, 5.74) is -4.59. The zero-order chi connectivity index (χ0) is 22.4. The lowest BCUT2D eigenvalue weighted by Gasteiger charge is -2.13. The van der Waals surface area contributed by atoms with E-state index >= 15 is 0 Å². The number of unbranched alkanes of at least 4 members (excludes halogenated alkanes) is 1. The zero-order valence-corrected chi connectivity index (χ0v) is 16.7. The quantitative estimate of drug-likeness (QED) is 0.0726. The fraction of sp³-hybridized carbons (Fsp3) is 0.500. The molecule has 1 aromatic rings. The Hall–Kier alpha value is -2.91. The molecule has 0 aliphatic heterocycles. The summed E-state index contributed by atoms with van der Waals surface area (Å²) in [5.74, 6) is -7.91. The first-order chi connectivity index (χ1) is 14.2. The van der Waals surface area contributed by atoms with Gasteiger partial charge in [0, 0.05) is 17.8 Å². The van der Waals surface area contributed by atoms with Gasteiger partial charge in [0.2, 0.25) is 11.6 Å². The lowest BCUT2D eigenvalue weighted by atomic mass is 9.98. The van der Waals surface area contributed by atoms with Crippen molar-refractivity contribution in [1.29, 1.82) is 0 Å². The van der Waals surface area contributed by atoms with Crippen LogP contribution in [0.25, 0.3) is 0 Å². The minimum atomic E-state index is -1.97. The molecule has 0 atom stereocenters. The summed E-state index contributed by atoms with van der Waals surface area (Å²) in [6.45, 7) is 2.67. The van der Waals surface area contributed by atoms with Crippen LogP contribution in [0.2, 0.25) is 0 Å². The molecule has 0 unspecified atom stereocenters. The van der Waals surface area contributed by atoms with Gasteiger partial charge in [-0.3, -0.25) is 14.9 Å². The smallest absolute Gasteiger partial charge is 0.343 e. The third-order valence-corrected chi connectivity index (χ3v) is 4.94. The predicted octanol–water partition coefficient (Wildman–Crippen LogP) is 4.26. The van der Waals surface area contributed by atoms with Crippen LogP contribution in [0.1, 0.15) is 61.4 Å². The highest BCUT2D eigenvalue weighted by Crippen LogP contribution is 2.32. The van der Waals surface area contributed by atoms with Gasteiger partial charge in [0.25, 0.3) is 0 Å². The molecular formula is C20H23F3N2O5. The monoisotopic (exact) mass is 428 g/mol. The fourth-order valence-electron chi connectivity index (χ4n) is 3.18. The van der Waals surface area contributed by atoms with E-state index < -0.39 is 56.5 Å². The number of ether oxygens (including phenoxy) is 1. The first-order valence-corrected chi connectivity index (χ1v) is 9.70. The number of hydrogen-bond acceptors (Lipinski definition) is 6. The lowest BCUT2D eigenvalue weighted by Crippen LogP contribution is -2.26. The molecule has 10 heteroatoms. The molecule has 30 heavy (non-hydrogen) atoms. The van der Waals surface area contributed by atoms with Crippen molar-refractivity contribution in [2.75, 3.05) is 6.61 Å². The summed E-state index contributed by atoms with van der Waals surface area (Å²) >= 11 is 0. The predicted molar refractivity (Wildman–Crippen MR) is 101 cm³/mol. The minimum Gasteiger partial charge on any atom is -0.462 e. The van der Waals surface area contributed by atoms with Crippen molar-refractivity contribution in [2.45, 2.75) is 58.4 Å². The third kappa shape index (κ3) is 4.98. The highest BCUT2D eigenvalue weighted by Gasteiger charge is 2.37. The average molecular weight is 428 g/mol. The van der Waals surface area contributed by atoms with Gasteiger partial charge in [0.05, 0.1) is 11.5 Å². The molecule has 0 radical (unpaired) electrons. The van der Waals surface area contributed by atoms with E-state index in [9.17, 15) is 32.9 Å². The number of hydrogen-bond donors (Lipinski definition) is 1. The number of ketones is 1. The number of benzene rings is 1. The maximum atomic E-state index is 14.7. The minimum absolute atomic E-state index is 0.0231. The molecule has 1 aliphatic carbocycles. The van der Waals surface area contributed by atoms with Crippen molar-refractivity contribution in [3.63, 3.8) is 0 Å². The maximum absolute atomic E-state index is 14.7. The van der Waals surface area contributed by atoms with Crippen LogP contribution < -0.4 is 5.32 Å². The summed E-state index contributed by atoms with van der Waals surface area (Å²) in [6, 6.07) is -0.0391. The summed E-state index contributed by atoms with van der Waals surface area (Å²) in [4.78, 5) is 35.3. The van der Waals surface area contributed by atoms with Gasteiger partial charge in [0.15, 0.2) is 5.82 Å². The SMILES string of the molecule is CCCCOC(=O)/C(=C/NC1CCCC1)C(=O)c1c(F)c(C)c(F)c(F)c1[N+](=O)[O-]. The molecule has 1 saturated carbocycles. The molecule has 1 aliphatic rings. The molecule has 0 bridgehead atoms. The van der Waals surface area contributed by atoms with Crippen LogP contribution in [0.4, 0.5) is 18.9 Å². The molecule has 2 rings (SSSR count). The second-order valence-corrected chi connectivity index (χ2v) is 7.07. The van der Waals surface area contributed by atoms with E-state index in [1.54, 1.807) is 0 Å². The zero-order valence-electron chi connectivity index (χ0n) is 16.7. The van der Waals surface area contributed by atoms with Crippen LogP contribution in [0.15, 0.2) is 11.8 Å². The summed E-state index contributed by atoms with van der Waals surface area (Å²) in [5, 5.41) is 14.1. The molecule has 0 heterocycles. The molecule has 164 valence electrons. The van der Waals surface area contributed by atoms with Crippen LogP contribution in [0, 0.1) is 34.5 Å². The molecule has 1 aromatic carbocycles. The molecule has 1 N–H and O–H groups in total. The first kappa shape index (κ1) is 23.4. The van der Waals surface area contributed by atoms with Gasteiger partial charge in [-0.25, -0.2) is 13.6 Å². The highest BCUT2D eigenvalue weighted by molar-refractivity contribution is 6.25. The van der Waals surface area contributed by atoms with E-state index in [0.29, 0.717) is 12.8 Å². The summed E-state index contributed by atoms with van der Waals surface area (Å²) < 4.78 is 47.6. The maximum Gasteiger partial charge on any atom is 0.343 e. The Kier molecular flexibility index (Phi) is 7.96. The molecule has 7 nitrogen and oxygen atoms in total. The van der Waals surface area contributed by atoms with Gasteiger partial charge in [-0.05, 0) is 26.2 Å². The van der Waals surface area contributed by atoms with Crippen LogP contribution in [-0.4, -0.2) is 29.3 Å². The van der Waals surface area contributed by atoms with E-state index in [1.165, 1.54) is 0 Å². The van der Waals surface area contributed by atoms with Crippen molar-refractivity contribution >= 4 is 17.4 Å². The van der Waals surface area contributed by atoms with E-state index in [-0.39, 0.29) is 12.6 Å². The van der Waals surface area contributed by atoms with Crippen molar-refractivity contribution < 1.29 is 32.4 Å². The van der Waals surface area contributed by atoms with Crippen molar-refractivity contribution in [3.05, 3.63) is 50.5 Å². The second-order valence-electron chi connectivity index (χ2n) is 7.07. The summed E-state index contributed by atoms with van der Waals surface area (Å²) in [6.07, 6.45) is 5.66. The Bertz CT molecular complexity index is 880. The number of nitrogens with zero attached hydrogens (tertiary/aromatic N) is 1. The molecule has 1 fully saturated rings. The van der Waals surface area contributed by atoms with Gasteiger partial charge in [-0.15, -0.1) is 0 Å². The van der Waals surface area contributed by atoms with E-state index in [2.05, 4.69) is 5.32 Å². The first-order valence-electron chi connectivity index (χ1n) is 9.70. The number of nitrogens with one attached hydrogen (secondary N) is 1. The van der Waals surface area contributed by atoms with Crippen molar-refractivity contribution in [2.24, 2.45) is 0 Å². The van der Waals surface area contributed by atoms with E-state index in [4.69, 9.17) is 4.74 Å². The Morgan fingerprint density at radius 3 is 2.40 bits per heavy atom. The Morgan fingerprint density at radius 2 is 1.83 bits per heavy atom. The molecule has 0 amide bonds. The van der Waals surface area contributed by atoms with Gasteiger partial charge in [-0.1, -0.05) is 26.2 Å². The van der Waals surface area contributed by atoms with Crippen LogP contribution in [-0.2, 0) is 9.53 Å². The Balaban J connectivity index is 2.52. The van der Waals surface area contributed by atoms with Gasteiger partial charge in [-0.2, -0.15) is 4.39 Å². The van der Waals surface area contributed by atoms with Crippen molar-refractivity contribution in [1.82, 2.24) is 5.32 Å². The fourth-order valence-corrected chi connectivity index (χ4v) is 3.18. The highest BCUT2D eigenvalue weighted by atomic mass is 19.2. The number of rotatable bonds is 9. The molecule has 0 aromatic heterocycles. The number of carbonyl (C=O) groups is 2. The third-order valence-electron chi connectivity index (χ3n) is 4.94. The number of nitro benzene ring substituents is 1. The molecule has 0 saturated heterocycles. The number of carbonyl (C=O) groups excluding carboxylic acids is 2. The number of Topliss-reactive ketones (excluding diaryl/α,β-unsaturated/α-hetero) is 1. The largest absolute Gasteiger partial charge is 0.462 e. The molecular weight excluding hydrogens is 405 g/mol. The van der Waals surface area contributed by atoms with E-state index in [1.807, 2.05) is 6.92 Å². The van der Waals surface area contributed by atoms with Gasteiger partial charge >= 0.3 is 11.7 Å². The van der Waals surface area contributed by atoms with Crippen LogP contribution in [0.5, 0.6) is 0 Å².